The predicted molar refractivity (Wildman–Crippen MR) is 76.1 cm³/mol. The molecular formula is C15H15NO5. The van der Waals surface area contributed by atoms with Crippen LogP contribution in [0.3, 0.4) is 0 Å². The lowest BCUT2D eigenvalue weighted by atomic mass is 10.1. The third-order valence-corrected chi connectivity index (χ3v) is 2.89. The van der Waals surface area contributed by atoms with E-state index in [0.29, 0.717) is 28.3 Å². The van der Waals surface area contributed by atoms with Gasteiger partial charge in [-0.15, -0.1) is 0 Å². The summed E-state index contributed by atoms with van der Waals surface area (Å²) in [6, 6.07) is 5.00. The van der Waals surface area contributed by atoms with E-state index in [0.717, 1.165) is 0 Å². The normalized spacial score (nSPS) is 15.7. The summed E-state index contributed by atoms with van der Waals surface area (Å²) in [6.45, 7) is 3.40. The van der Waals surface area contributed by atoms with E-state index in [-0.39, 0.29) is 12.4 Å². The molecule has 1 aliphatic heterocycles. The van der Waals surface area contributed by atoms with E-state index in [4.69, 9.17) is 9.47 Å². The molecule has 110 valence electrons. The van der Waals surface area contributed by atoms with Gasteiger partial charge in [0.05, 0.1) is 18.4 Å². The zero-order valence-electron chi connectivity index (χ0n) is 12.0. The van der Waals surface area contributed by atoms with Crippen LogP contribution in [0.4, 0.5) is 0 Å². The minimum atomic E-state index is -0.493. The summed E-state index contributed by atoms with van der Waals surface area (Å²) >= 11 is 0. The minimum Gasteiger partial charge on any atom is -0.493 e. The number of nitrogens with zero attached hydrogens (tertiary/aromatic N) is 1. The van der Waals surface area contributed by atoms with Crippen molar-refractivity contribution < 1.29 is 23.9 Å². The van der Waals surface area contributed by atoms with Crippen LogP contribution in [0.1, 0.15) is 25.8 Å². The number of rotatable bonds is 4. The Hall–Kier alpha value is -2.63. The molecule has 0 atom stereocenters. The van der Waals surface area contributed by atoms with Crippen molar-refractivity contribution in [3.05, 3.63) is 29.3 Å². The molecule has 0 amide bonds. The molecule has 0 saturated heterocycles. The van der Waals surface area contributed by atoms with Gasteiger partial charge in [0, 0.05) is 6.42 Å². The number of methoxy groups -OCH3 is 1. The van der Waals surface area contributed by atoms with Gasteiger partial charge in [-0.25, -0.2) is 4.79 Å². The van der Waals surface area contributed by atoms with Crippen LogP contribution in [0.15, 0.2) is 28.9 Å². The number of oxime groups is 1. The van der Waals surface area contributed by atoms with Gasteiger partial charge in [0.2, 0.25) is 0 Å². The summed E-state index contributed by atoms with van der Waals surface area (Å²) in [4.78, 5) is 27.4. The molecule has 21 heavy (non-hydrogen) atoms. The Morgan fingerprint density at radius 2 is 2.14 bits per heavy atom. The van der Waals surface area contributed by atoms with Crippen LogP contribution in [0.25, 0.3) is 6.08 Å². The molecule has 0 radical (unpaired) electrons. The minimum absolute atomic E-state index is 0.274. The van der Waals surface area contributed by atoms with E-state index < -0.39 is 5.97 Å². The van der Waals surface area contributed by atoms with Crippen LogP contribution < -0.4 is 9.47 Å². The molecular weight excluding hydrogens is 274 g/mol. The van der Waals surface area contributed by atoms with Crippen LogP contribution >= 0.6 is 0 Å². The molecule has 1 aromatic carbocycles. The van der Waals surface area contributed by atoms with Crippen molar-refractivity contribution in [1.29, 1.82) is 0 Å². The second-order valence-electron chi connectivity index (χ2n) is 4.35. The number of hydrogen-bond donors (Lipinski definition) is 0. The molecule has 6 heteroatoms. The lowest BCUT2D eigenvalue weighted by molar-refractivity contribution is -0.137. The highest BCUT2D eigenvalue weighted by Crippen LogP contribution is 2.29. The first-order valence-electron chi connectivity index (χ1n) is 6.42. The predicted octanol–water partition coefficient (Wildman–Crippen LogP) is 2.33. The first kappa shape index (κ1) is 14.8. The van der Waals surface area contributed by atoms with Crippen LogP contribution in [0, 0.1) is 0 Å². The van der Waals surface area contributed by atoms with Crippen molar-refractivity contribution in [2.45, 2.75) is 20.3 Å². The van der Waals surface area contributed by atoms with Crippen molar-refractivity contribution in [3.63, 3.8) is 0 Å². The molecule has 0 bridgehead atoms. The van der Waals surface area contributed by atoms with Gasteiger partial charge in [0.25, 0.3) is 0 Å². The fraction of sp³-hybridized carbons (Fsp3) is 0.267. The van der Waals surface area contributed by atoms with Crippen molar-refractivity contribution in [2.75, 3.05) is 7.11 Å². The van der Waals surface area contributed by atoms with E-state index in [1.165, 1.54) is 7.11 Å². The average molecular weight is 289 g/mol. The Bertz CT molecular complexity index is 645. The Morgan fingerprint density at radius 1 is 1.38 bits per heavy atom. The summed E-state index contributed by atoms with van der Waals surface area (Å²) in [6.07, 6.45) is 1.92. The summed E-state index contributed by atoms with van der Waals surface area (Å²) in [5.74, 6) is -0.0901. The van der Waals surface area contributed by atoms with Crippen LogP contribution in [0.5, 0.6) is 11.5 Å². The Labute approximate surface area is 122 Å². The third kappa shape index (κ3) is 3.28. The molecule has 2 rings (SSSR count). The Kier molecular flexibility index (Phi) is 4.37. The summed E-state index contributed by atoms with van der Waals surface area (Å²) in [7, 11) is 1.48. The lowest BCUT2D eigenvalue weighted by Gasteiger charge is -2.09. The average Bonchev–Trinajstić information content (AvgIpc) is 2.80. The molecule has 0 spiro atoms. The second kappa shape index (κ2) is 6.21. The van der Waals surface area contributed by atoms with Gasteiger partial charge < -0.3 is 14.3 Å². The maximum Gasteiger partial charge on any atom is 0.367 e. The largest absolute Gasteiger partial charge is 0.493 e. The molecule has 0 saturated carbocycles. The Balaban J connectivity index is 2.31. The molecule has 1 aliphatic rings. The van der Waals surface area contributed by atoms with Gasteiger partial charge in [-0.3, -0.25) is 4.79 Å². The molecule has 1 heterocycles. The SMILES string of the molecule is CCC(=O)Oc1ccc(/C=C2\C(=O)ON=C2C)cc1OC. The Morgan fingerprint density at radius 3 is 2.71 bits per heavy atom. The first-order chi connectivity index (χ1) is 10.0. The van der Waals surface area contributed by atoms with Crippen LogP contribution in [-0.2, 0) is 14.4 Å². The van der Waals surface area contributed by atoms with Crippen molar-refractivity contribution in [3.8, 4) is 11.5 Å². The molecule has 0 aliphatic carbocycles. The van der Waals surface area contributed by atoms with Gasteiger partial charge in [0.15, 0.2) is 11.5 Å². The maximum atomic E-state index is 11.5. The van der Waals surface area contributed by atoms with Crippen LogP contribution in [0.2, 0.25) is 0 Å². The van der Waals surface area contributed by atoms with E-state index in [9.17, 15) is 9.59 Å². The molecule has 0 fully saturated rings. The molecule has 1 aromatic rings. The topological polar surface area (TPSA) is 74.2 Å². The van der Waals surface area contributed by atoms with E-state index in [1.54, 1.807) is 38.1 Å². The first-order valence-corrected chi connectivity index (χ1v) is 6.42. The number of carbonyl (C=O) groups is 2. The quantitative estimate of drug-likeness (QED) is 0.368. The van der Waals surface area contributed by atoms with E-state index in [1.807, 2.05) is 0 Å². The highest BCUT2D eigenvalue weighted by molar-refractivity contribution is 6.24. The van der Waals surface area contributed by atoms with Gasteiger partial charge in [-0.1, -0.05) is 18.1 Å². The van der Waals surface area contributed by atoms with Crippen molar-refractivity contribution in [1.82, 2.24) is 0 Å². The van der Waals surface area contributed by atoms with E-state index >= 15 is 0 Å². The monoisotopic (exact) mass is 289 g/mol. The molecule has 0 N–H and O–H groups in total. The molecule has 0 unspecified atom stereocenters. The third-order valence-electron chi connectivity index (χ3n) is 2.89. The van der Waals surface area contributed by atoms with Gasteiger partial charge in [-0.2, -0.15) is 0 Å². The second-order valence-corrected chi connectivity index (χ2v) is 4.35. The summed E-state index contributed by atoms with van der Waals surface area (Å²) in [5.41, 5.74) is 1.61. The maximum absolute atomic E-state index is 11.5. The number of hydrogen-bond acceptors (Lipinski definition) is 6. The lowest BCUT2D eigenvalue weighted by Crippen LogP contribution is -2.06. The summed E-state index contributed by atoms with van der Waals surface area (Å²) < 4.78 is 10.3. The molecule has 0 aromatic heterocycles. The van der Waals surface area contributed by atoms with Crippen molar-refractivity contribution in [2.24, 2.45) is 5.16 Å². The highest BCUT2D eigenvalue weighted by atomic mass is 16.7. The van der Waals surface area contributed by atoms with Gasteiger partial charge in [0.1, 0.15) is 0 Å². The number of carbonyl (C=O) groups excluding carboxylic acids is 2. The van der Waals surface area contributed by atoms with E-state index in [2.05, 4.69) is 9.99 Å². The smallest absolute Gasteiger partial charge is 0.367 e. The number of benzene rings is 1. The van der Waals surface area contributed by atoms with Gasteiger partial charge >= 0.3 is 11.9 Å². The fourth-order valence-corrected chi connectivity index (χ4v) is 1.74. The number of ether oxygens (including phenoxy) is 2. The standard InChI is InChI=1S/C15H15NO5/c1-4-14(17)20-12-6-5-10(8-13(12)19-3)7-11-9(2)16-21-15(11)18/h5-8H,4H2,1-3H3/b11-7-. The zero-order chi connectivity index (χ0) is 15.4. The fourth-order valence-electron chi connectivity index (χ4n) is 1.74. The summed E-state index contributed by atoms with van der Waals surface area (Å²) in [5, 5.41) is 3.60. The van der Waals surface area contributed by atoms with Crippen LogP contribution in [-0.4, -0.2) is 24.8 Å². The zero-order valence-corrected chi connectivity index (χ0v) is 12.0. The van der Waals surface area contributed by atoms with Crippen molar-refractivity contribution >= 4 is 23.7 Å². The highest BCUT2D eigenvalue weighted by Gasteiger charge is 2.22. The van der Waals surface area contributed by atoms with Gasteiger partial charge in [-0.05, 0) is 30.7 Å². The number of esters is 1. The molecule has 6 nitrogen and oxygen atoms in total.